The zero-order valence-corrected chi connectivity index (χ0v) is 16.7. The van der Waals surface area contributed by atoms with Gasteiger partial charge in [-0.05, 0) is 30.6 Å². The molecule has 0 radical (unpaired) electrons. The van der Waals surface area contributed by atoms with E-state index in [9.17, 15) is 9.59 Å². The van der Waals surface area contributed by atoms with Crippen LogP contribution in [0.4, 0.5) is 5.69 Å². The van der Waals surface area contributed by atoms with Gasteiger partial charge in [0, 0.05) is 5.56 Å². The summed E-state index contributed by atoms with van der Waals surface area (Å²) in [6.07, 6.45) is 1.39. The van der Waals surface area contributed by atoms with Gasteiger partial charge in [-0.25, -0.2) is 4.98 Å². The minimum Gasteiger partial charge on any atom is -0.495 e. The standard InChI is InChI=1S/C21H18N4O3S/c1-13-7-9-14(10-8-13)18-19-20(29-24-18)21(27)25(12-22-19)11-17(26)23-15-5-3-4-6-16(15)28-2/h3-10,12H,11H2,1-2H3,(H,23,26). The van der Waals surface area contributed by atoms with E-state index in [2.05, 4.69) is 14.7 Å². The number of anilines is 1. The predicted octanol–water partition coefficient (Wildman–Crippen LogP) is 3.48. The number of fused-ring (bicyclic) bond motifs is 1. The number of nitrogens with one attached hydrogen (secondary N) is 1. The number of para-hydroxylation sites is 2. The van der Waals surface area contributed by atoms with Gasteiger partial charge in [-0.15, -0.1) is 0 Å². The van der Waals surface area contributed by atoms with Crippen LogP contribution in [0.1, 0.15) is 5.56 Å². The molecule has 2 aromatic heterocycles. The van der Waals surface area contributed by atoms with Crippen molar-refractivity contribution in [2.75, 3.05) is 12.4 Å². The summed E-state index contributed by atoms with van der Waals surface area (Å²) in [5.41, 5.74) is 3.52. The zero-order chi connectivity index (χ0) is 20.4. The van der Waals surface area contributed by atoms with E-state index in [1.54, 1.807) is 18.2 Å². The number of rotatable bonds is 5. The number of ether oxygens (including phenoxy) is 1. The number of nitrogens with zero attached hydrogens (tertiary/aromatic N) is 3. The third-order valence-electron chi connectivity index (χ3n) is 4.47. The Labute approximate surface area is 170 Å². The molecule has 1 amide bonds. The summed E-state index contributed by atoms with van der Waals surface area (Å²) >= 11 is 1.09. The normalized spacial score (nSPS) is 10.8. The molecule has 8 heteroatoms. The first-order chi connectivity index (χ1) is 14.1. The molecule has 0 aliphatic rings. The minimum absolute atomic E-state index is 0.155. The van der Waals surface area contributed by atoms with Crippen LogP contribution in [-0.2, 0) is 11.3 Å². The summed E-state index contributed by atoms with van der Waals surface area (Å²) in [6.45, 7) is 1.85. The predicted molar refractivity (Wildman–Crippen MR) is 113 cm³/mol. The Morgan fingerprint density at radius 1 is 1.17 bits per heavy atom. The molecule has 0 atom stereocenters. The topological polar surface area (TPSA) is 86.1 Å². The lowest BCUT2D eigenvalue weighted by Gasteiger charge is -2.10. The van der Waals surface area contributed by atoms with Gasteiger partial charge in [0.05, 0.1) is 19.1 Å². The molecule has 146 valence electrons. The van der Waals surface area contributed by atoms with Gasteiger partial charge in [0.25, 0.3) is 5.56 Å². The maximum absolute atomic E-state index is 12.8. The monoisotopic (exact) mass is 406 g/mol. The maximum Gasteiger partial charge on any atom is 0.273 e. The molecular weight excluding hydrogens is 388 g/mol. The van der Waals surface area contributed by atoms with Crippen molar-refractivity contribution in [1.29, 1.82) is 0 Å². The van der Waals surface area contributed by atoms with Gasteiger partial charge in [0.2, 0.25) is 5.91 Å². The smallest absolute Gasteiger partial charge is 0.273 e. The van der Waals surface area contributed by atoms with E-state index in [4.69, 9.17) is 4.74 Å². The molecule has 0 aliphatic carbocycles. The number of aromatic nitrogens is 3. The number of benzene rings is 2. The van der Waals surface area contributed by atoms with Crippen molar-refractivity contribution < 1.29 is 9.53 Å². The molecule has 0 aliphatic heterocycles. The maximum atomic E-state index is 12.8. The number of amides is 1. The first kappa shape index (κ1) is 18.8. The minimum atomic E-state index is -0.346. The SMILES string of the molecule is COc1ccccc1NC(=O)Cn1cnc2c(-c3ccc(C)cc3)nsc2c1=O. The van der Waals surface area contributed by atoms with Crippen LogP contribution in [0.5, 0.6) is 5.75 Å². The molecule has 0 saturated heterocycles. The lowest BCUT2D eigenvalue weighted by Crippen LogP contribution is -2.27. The Balaban J connectivity index is 1.60. The van der Waals surface area contributed by atoms with Crippen molar-refractivity contribution >= 4 is 33.3 Å². The number of carbonyl (C=O) groups is 1. The second kappa shape index (κ2) is 7.84. The summed E-state index contributed by atoms with van der Waals surface area (Å²) in [5, 5.41) is 2.76. The molecule has 2 heterocycles. The van der Waals surface area contributed by atoms with Crippen LogP contribution in [0.25, 0.3) is 21.5 Å². The van der Waals surface area contributed by atoms with Gasteiger partial charge < -0.3 is 10.1 Å². The third kappa shape index (κ3) is 3.74. The lowest BCUT2D eigenvalue weighted by molar-refractivity contribution is -0.116. The molecule has 0 spiro atoms. The van der Waals surface area contributed by atoms with Crippen molar-refractivity contribution in [2.24, 2.45) is 0 Å². The molecular formula is C21H18N4O3S. The van der Waals surface area contributed by atoms with E-state index in [0.29, 0.717) is 27.3 Å². The highest BCUT2D eigenvalue weighted by Crippen LogP contribution is 2.27. The van der Waals surface area contributed by atoms with Gasteiger partial charge in [-0.3, -0.25) is 14.2 Å². The molecule has 7 nitrogen and oxygen atoms in total. The molecule has 0 unspecified atom stereocenters. The van der Waals surface area contributed by atoms with Gasteiger partial charge in [-0.1, -0.05) is 42.0 Å². The largest absolute Gasteiger partial charge is 0.495 e. The number of hydrogen-bond donors (Lipinski definition) is 1. The molecule has 0 bridgehead atoms. The van der Waals surface area contributed by atoms with E-state index in [1.807, 2.05) is 37.3 Å². The van der Waals surface area contributed by atoms with Crippen LogP contribution in [-0.4, -0.2) is 26.9 Å². The third-order valence-corrected chi connectivity index (χ3v) is 5.29. The van der Waals surface area contributed by atoms with Crippen LogP contribution < -0.4 is 15.6 Å². The van der Waals surface area contributed by atoms with Crippen LogP contribution in [0.2, 0.25) is 0 Å². The van der Waals surface area contributed by atoms with E-state index in [-0.39, 0.29) is 18.0 Å². The van der Waals surface area contributed by atoms with Crippen LogP contribution in [0, 0.1) is 6.92 Å². The summed E-state index contributed by atoms with van der Waals surface area (Å²) in [6, 6.07) is 15.0. The molecule has 1 N–H and O–H groups in total. The second-order valence-electron chi connectivity index (χ2n) is 6.50. The van der Waals surface area contributed by atoms with Crippen LogP contribution >= 0.6 is 11.5 Å². The summed E-state index contributed by atoms with van der Waals surface area (Å²) in [4.78, 5) is 29.7. The van der Waals surface area contributed by atoms with Gasteiger partial charge >= 0.3 is 0 Å². The molecule has 29 heavy (non-hydrogen) atoms. The molecule has 0 saturated carbocycles. The summed E-state index contributed by atoms with van der Waals surface area (Å²) in [7, 11) is 1.53. The molecule has 4 aromatic rings. The number of methoxy groups -OCH3 is 1. The van der Waals surface area contributed by atoms with Crippen molar-refractivity contribution in [3.05, 3.63) is 70.8 Å². The van der Waals surface area contributed by atoms with Crippen LogP contribution in [0.15, 0.2) is 59.7 Å². The fourth-order valence-electron chi connectivity index (χ4n) is 2.96. The average Bonchev–Trinajstić information content (AvgIpc) is 3.16. The van der Waals surface area contributed by atoms with Crippen molar-refractivity contribution in [3.63, 3.8) is 0 Å². The Morgan fingerprint density at radius 2 is 1.93 bits per heavy atom. The molecule has 0 fully saturated rings. The van der Waals surface area contributed by atoms with Gasteiger partial charge in [-0.2, -0.15) is 4.37 Å². The first-order valence-electron chi connectivity index (χ1n) is 8.91. The summed E-state index contributed by atoms with van der Waals surface area (Å²) in [5.74, 6) is 0.202. The Morgan fingerprint density at radius 3 is 2.69 bits per heavy atom. The van der Waals surface area contributed by atoms with Gasteiger partial charge in [0.15, 0.2) is 0 Å². The number of carbonyl (C=O) groups excluding carboxylic acids is 1. The molecule has 2 aromatic carbocycles. The second-order valence-corrected chi connectivity index (χ2v) is 7.27. The Hall–Kier alpha value is -3.52. The van der Waals surface area contributed by atoms with E-state index in [1.165, 1.54) is 18.0 Å². The fourth-order valence-corrected chi connectivity index (χ4v) is 3.77. The summed E-state index contributed by atoms with van der Waals surface area (Å²) < 4.78 is 11.3. The number of aryl methyl sites for hydroxylation is 1. The van der Waals surface area contributed by atoms with E-state index < -0.39 is 0 Å². The van der Waals surface area contributed by atoms with Crippen molar-refractivity contribution in [1.82, 2.24) is 13.9 Å². The quantitative estimate of drug-likeness (QED) is 0.548. The highest BCUT2D eigenvalue weighted by atomic mass is 32.1. The highest BCUT2D eigenvalue weighted by molar-refractivity contribution is 7.13. The highest BCUT2D eigenvalue weighted by Gasteiger charge is 2.16. The van der Waals surface area contributed by atoms with Crippen molar-refractivity contribution in [3.8, 4) is 17.0 Å². The Kier molecular flexibility index (Phi) is 5.09. The van der Waals surface area contributed by atoms with Gasteiger partial charge in [0.1, 0.15) is 28.2 Å². The van der Waals surface area contributed by atoms with Crippen molar-refractivity contribution in [2.45, 2.75) is 13.5 Å². The fraction of sp³-hybridized carbons (Fsp3) is 0.143. The first-order valence-corrected chi connectivity index (χ1v) is 9.69. The molecule has 4 rings (SSSR count). The van der Waals surface area contributed by atoms with E-state index in [0.717, 1.165) is 22.7 Å². The van der Waals surface area contributed by atoms with E-state index >= 15 is 0 Å². The lowest BCUT2D eigenvalue weighted by atomic mass is 10.1. The number of hydrogen-bond acceptors (Lipinski definition) is 6. The Bertz CT molecular complexity index is 1250. The van der Waals surface area contributed by atoms with Crippen LogP contribution in [0.3, 0.4) is 0 Å². The average molecular weight is 406 g/mol. The zero-order valence-electron chi connectivity index (χ0n) is 15.9.